The number of aromatic nitrogens is 1. The maximum Gasteiger partial charge on any atom is 0.417 e. The summed E-state index contributed by atoms with van der Waals surface area (Å²) < 4.78 is 51.9. The molecule has 0 aliphatic heterocycles. The van der Waals surface area contributed by atoms with E-state index in [0.29, 0.717) is 0 Å². The number of benzene rings is 2. The number of sulfonamides is 1. The molecule has 0 bridgehead atoms. The molecule has 1 aromatic heterocycles. The second-order valence-corrected chi connectivity index (χ2v) is 7.68. The van der Waals surface area contributed by atoms with E-state index in [-0.39, 0.29) is 28.1 Å². The van der Waals surface area contributed by atoms with Crippen LogP contribution in [-0.4, -0.2) is 27.1 Å². The summed E-state index contributed by atoms with van der Waals surface area (Å²) in [5.74, 6) is -1.16. The molecule has 0 radical (unpaired) electrons. The third kappa shape index (κ3) is 3.41. The van der Waals surface area contributed by atoms with Crippen LogP contribution in [0.5, 0.6) is 0 Å². The van der Waals surface area contributed by atoms with Gasteiger partial charge in [-0.1, -0.05) is 18.2 Å². The lowest BCUT2D eigenvalue weighted by atomic mass is 9.95. The zero-order chi connectivity index (χ0) is 18.9. The van der Waals surface area contributed by atoms with Crippen molar-refractivity contribution < 1.29 is 22.0 Å². The predicted octanol–water partition coefficient (Wildman–Crippen LogP) is 2.10. The fourth-order valence-corrected chi connectivity index (χ4v) is 3.73. The van der Waals surface area contributed by atoms with Gasteiger partial charge in [-0.15, -0.1) is 0 Å². The van der Waals surface area contributed by atoms with E-state index in [0.717, 1.165) is 0 Å². The van der Waals surface area contributed by atoms with Gasteiger partial charge < -0.3 is 9.15 Å². The number of halogens is 1. The smallest absolute Gasteiger partial charge is 0.408 e. The number of nitrogens with one attached hydrogen (secondary N) is 2. The maximum atomic E-state index is 14.1. The zero-order valence-corrected chi connectivity index (χ0v) is 14.9. The number of rotatable bonds is 6. The van der Waals surface area contributed by atoms with Crippen molar-refractivity contribution in [2.24, 2.45) is 0 Å². The van der Waals surface area contributed by atoms with Crippen molar-refractivity contribution in [3.63, 3.8) is 0 Å². The van der Waals surface area contributed by atoms with E-state index in [1.807, 2.05) is 0 Å². The molecule has 1 heterocycles. The first-order valence-corrected chi connectivity index (χ1v) is 9.16. The number of aromatic amines is 1. The van der Waals surface area contributed by atoms with Gasteiger partial charge in [0.05, 0.1) is 10.4 Å². The minimum Gasteiger partial charge on any atom is -0.408 e. The predicted molar refractivity (Wildman–Crippen MR) is 92.8 cm³/mol. The number of oxazole rings is 1. The highest BCUT2D eigenvalue weighted by Gasteiger charge is 2.31. The molecule has 1 atom stereocenters. The largest absolute Gasteiger partial charge is 0.417 e. The van der Waals surface area contributed by atoms with E-state index >= 15 is 0 Å². The van der Waals surface area contributed by atoms with Gasteiger partial charge in [0.25, 0.3) is 0 Å². The Bertz CT molecular complexity index is 1110. The van der Waals surface area contributed by atoms with Crippen LogP contribution in [0, 0.1) is 5.82 Å². The highest BCUT2D eigenvalue weighted by Crippen LogP contribution is 2.27. The summed E-state index contributed by atoms with van der Waals surface area (Å²) in [6.07, 6.45) is 0. The molecule has 0 amide bonds. The highest BCUT2D eigenvalue weighted by atomic mass is 32.2. The molecule has 2 aromatic carbocycles. The molecule has 0 aliphatic rings. The summed E-state index contributed by atoms with van der Waals surface area (Å²) in [5, 5.41) is 0. The maximum absolute atomic E-state index is 14.1. The highest BCUT2D eigenvalue weighted by molar-refractivity contribution is 7.89. The molecule has 0 saturated heterocycles. The van der Waals surface area contributed by atoms with Crippen molar-refractivity contribution in [3.05, 3.63) is 64.4 Å². The quantitative estimate of drug-likeness (QED) is 0.682. The van der Waals surface area contributed by atoms with Gasteiger partial charge in [-0.25, -0.2) is 22.3 Å². The summed E-state index contributed by atoms with van der Waals surface area (Å²) >= 11 is 0. The third-order valence-electron chi connectivity index (χ3n) is 4.19. The van der Waals surface area contributed by atoms with Crippen LogP contribution in [-0.2, 0) is 20.4 Å². The average Bonchev–Trinajstić information content (AvgIpc) is 2.99. The van der Waals surface area contributed by atoms with Crippen LogP contribution in [0.3, 0.4) is 0 Å². The van der Waals surface area contributed by atoms with Crippen molar-refractivity contribution in [2.45, 2.75) is 17.4 Å². The lowest BCUT2D eigenvalue weighted by Gasteiger charge is -2.29. The second-order valence-electron chi connectivity index (χ2n) is 5.91. The van der Waals surface area contributed by atoms with Crippen LogP contribution in [0.2, 0.25) is 0 Å². The van der Waals surface area contributed by atoms with Gasteiger partial charge in [-0.3, -0.25) is 4.98 Å². The minimum atomic E-state index is -3.92. The van der Waals surface area contributed by atoms with E-state index in [4.69, 9.17) is 9.15 Å². The molecule has 3 aromatic rings. The SMILES string of the molecule is COC(C)(CNS(=O)(=O)c1ccc2oc(=O)[nH]c2c1)c1ccccc1F. The summed E-state index contributed by atoms with van der Waals surface area (Å²) in [5.41, 5.74) is -0.449. The molecule has 3 rings (SSSR count). The molecule has 7 nitrogen and oxygen atoms in total. The molecule has 138 valence electrons. The fraction of sp³-hybridized carbons (Fsp3) is 0.235. The number of fused-ring (bicyclic) bond motifs is 1. The van der Waals surface area contributed by atoms with Crippen molar-refractivity contribution >= 4 is 21.1 Å². The van der Waals surface area contributed by atoms with Gasteiger partial charge in [0.1, 0.15) is 11.4 Å². The molecule has 0 aliphatic carbocycles. The fourth-order valence-electron chi connectivity index (χ4n) is 2.58. The monoisotopic (exact) mass is 380 g/mol. The molecular weight excluding hydrogens is 363 g/mol. The van der Waals surface area contributed by atoms with Crippen molar-refractivity contribution in [1.29, 1.82) is 0 Å². The first-order chi connectivity index (χ1) is 12.2. The summed E-state index contributed by atoms with van der Waals surface area (Å²) in [4.78, 5) is 13.5. The Morgan fingerprint density at radius 3 is 2.69 bits per heavy atom. The molecule has 0 spiro atoms. The van der Waals surface area contributed by atoms with Crippen LogP contribution >= 0.6 is 0 Å². The first-order valence-electron chi connectivity index (χ1n) is 7.68. The molecule has 1 unspecified atom stereocenters. The van der Waals surface area contributed by atoms with Gasteiger partial charge in [-0.05, 0) is 31.2 Å². The molecule has 2 N–H and O–H groups in total. The van der Waals surface area contributed by atoms with Crippen LogP contribution in [0.4, 0.5) is 4.39 Å². The van der Waals surface area contributed by atoms with E-state index in [9.17, 15) is 17.6 Å². The number of ether oxygens (including phenoxy) is 1. The Labute approximate surface area is 148 Å². The van der Waals surface area contributed by atoms with Crippen LogP contribution in [0.15, 0.2) is 56.6 Å². The summed E-state index contributed by atoms with van der Waals surface area (Å²) in [6, 6.07) is 9.99. The van der Waals surface area contributed by atoms with Crippen molar-refractivity contribution in [3.8, 4) is 0 Å². The summed E-state index contributed by atoms with van der Waals surface area (Å²) in [7, 11) is -2.54. The normalized spacial score (nSPS) is 14.4. The summed E-state index contributed by atoms with van der Waals surface area (Å²) in [6.45, 7) is 1.40. The molecule has 9 heteroatoms. The van der Waals surface area contributed by atoms with E-state index in [1.54, 1.807) is 19.1 Å². The third-order valence-corrected chi connectivity index (χ3v) is 5.59. The lowest BCUT2D eigenvalue weighted by molar-refractivity contribution is 0.00410. The Morgan fingerprint density at radius 1 is 1.27 bits per heavy atom. The minimum absolute atomic E-state index is 0.0611. The Kier molecular flexibility index (Phi) is 4.70. The second kappa shape index (κ2) is 6.67. The molecule has 0 saturated carbocycles. The van der Waals surface area contributed by atoms with Gasteiger partial charge in [-0.2, -0.15) is 0 Å². The number of methoxy groups -OCH3 is 1. The molecule has 26 heavy (non-hydrogen) atoms. The number of hydrogen-bond acceptors (Lipinski definition) is 5. The molecule has 0 fully saturated rings. The Hall–Kier alpha value is -2.49. The lowest BCUT2D eigenvalue weighted by Crippen LogP contribution is -2.40. The van der Waals surface area contributed by atoms with Gasteiger partial charge in [0.2, 0.25) is 10.0 Å². The zero-order valence-electron chi connectivity index (χ0n) is 14.1. The Balaban J connectivity index is 1.88. The van der Waals surface area contributed by atoms with Crippen LogP contribution in [0.1, 0.15) is 12.5 Å². The van der Waals surface area contributed by atoms with Gasteiger partial charge in [0.15, 0.2) is 5.58 Å². The Morgan fingerprint density at radius 2 is 2.00 bits per heavy atom. The van der Waals surface area contributed by atoms with Crippen molar-refractivity contribution in [2.75, 3.05) is 13.7 Å². The van der Waals surface area contributed by atoms with Crippen LogP contribution in [0.25, 0.3) is 11.1 Å². The topological polar surface area (TPSA) is 101 Å². The number of hydrogen-bond donors (Lipinski definition) is 2. The first kappa shape index (κ1) is 18.3. The van der Waals surface area contributed by atoms with Gasteiger partial charge in [0, 0.05) is 19.2 Å². The average molecular weight is 380 g/mol. The standard InChI is InChI=1S/C17H17FN2O5S/c1-17(24-2,12-5-3-4-6-13(12)18)10-19-26(22,23)11-7-8-15-14(9-11)20-16(21)25-15/h3-9,19H,10H2,1-2H3,(H,20,21). The van der Waals surface area contributed by atoms with E-state index < -0.39 is 27.2 Å². The molecular formula is C17H17FN2O5S. The van der Waals surface area contributed by atoms with E-state index in [2.05, 4.69) is 9.71 Å². The number of H-pyrrole nitrogens is 1. The van der Waals surface area contributed by atoms with Crippen LogP contribution < -0.4 is 10.5 Å². The van der Waals surface area contributed by atoms with Crippen molar-refractivity contribution in [1.82, 2.24) is 9.71 Å². The van der Waals surface area contributed by atoms with Gasteiger partial charge >= 0.3 is 5.76 Å². The van der Waals surface area contributed by atoms with E-state index in [1.165, 1.54) is 37.4 Å².